The van der Waals surface area contributed by atoms with Gasteiger partial charge in [-0.15, -0.1) is 0 Å². The van der Waals surface area contributed by atoms with E-state index in [0.29, 0.717) is 13.0 Å². The van der Waals surface area contributed by atoms with Crippen molar-refractivity contribution in [2.45, 2.75) is 45.6 Å². The Morgan fingerprint density at radius 2 is 2.12 bits per heavy atom. The summed E-state index contributed by atoms with van der Waals surface area (Å²) < 4.78 is 0. The minimum atomic E-state index is 0.140. The summed E-state index contributed by atoms with van der Waals surface area (Å²) in [7, 11) is 0. The number of likely N-dealkylation sites (tertiary alicyclic amines) is 1. The molecule has 1 heterocycles. The molecule has 0 aromatic rings. The SMILES string of the molecule is CCCNC(=O)CC(CN)N1CCC(C)CC1. The van der Waals surface area contributed by atoms with Gasteiger partial charge in [0.15, 0.2) is 0 Å². The van der Waals surface area contributed by atoms with Crippen molar-refractivity contribution < 1.29 is 4.79 Å². The molecule has 1 rings (SSSR count). The van der Waals surface area contributed by atoms with Gasteiger partial charge in [0.1, 0.15) is 0 Å². The zero-order valence-electron chi connectivity index (χ0n) is 11.2. The first kappa shape index (κ1) is 14.5. The lowest BCUT2D eigenvalue weighted by atomic mass is 9.97. The molecule has 4 nitrogen and oxygen atoms in total. The van der Waals surface area contributed by atoms with Crippen LogP contribution in [-0.4, -0.2) is 43.0 Å². The highest BCUT2D eigenvalue weighted by Gasteiger charge is 2.23. The first-order valence-electron chi connectivity index (χ1n) is 6.88. The minimum absolute atomic E-state index is 0.140. The molecular weight excluding hydrogens is 214 g/mol. The number of nitrogens with two attached hydrogens (primary N) is 1. The molecule has 100 valence electrons. The number of nitrogens with one attached hydrogen (secondary N) is 1. The molecule has 1 aliphatic rings. The summed E-state index contributed by atoms with van der Waals surface area (Å²) in [6.07, 6.45) is 3.99. The van der Waals surface area contributed by atoms with Crippen LogP contribution in [0.2, 0.25) is 0 Å². The van der Waals surface area contributed by atoms with Crippen LogP contribution in [0.3, 0.4) is 0 Å². The monoisotopic (exact) mass is 241 g/mol. The van der Waals surface area contributed by atoms with Gasteiger partial charge < -0.3 is 11.1 Å². The summed E-state index contributed by atoms with van der Waals surface area (Å²) in [6, 6.07) is 0.222. The van der Waals surface area contributed by atoms with Crippen LogP contribution in [0, 0.1) is 5.92 Å². The van der Waals surface area contributed by atoms with Gasteiger partial charge in [-0.1, -0.05) is 13.8 Å². The Kier molecular flexibility index (Phi) is 6.52. The van der Waals surface area contributed by atoms with Crippen LogP contribution < -0.4 is 11.1 Å². The average molecular weight is 241 g/mol. The Bertz CT molecular complexity index is 225. The predicted molar refractivity (Wildman–Crippen MR) is 70.7 cm³/mol. The molecular formula is C13H27N3O. The highest BCUT2D eigenvalue weighted by Crippen LogP contribution is 2.18. The summed E-state index contributed by atoms with van der Waals surface area (Å²) in [5, 5.41) is 2.92. The van der Waals surface area contributed by atoms with Gasteiger partial charge in [0.05, 0.1) is 0 Å². The van der Waals surface area contributed by atoms with E-state index in [2.05, 4.69) is 24.1 Å². The van der Waals surface area contributed by atoms with E-state index in [0.717, 1.165) is 32.0 Å². The molecule has 0 aliphatic carbocycles. The highest BCUT2D eigenvalue weighted by molar-refractivity contribution is 5.76. The van der Waals surface area contributed by atoms with Crippen molar-refractivity contribution in [3.8, 4) is 0 Å². The van der Waals surface area contributed by atoms with E-state index in [9.17, 15) is 4.79 Å². The molecule has 1 unspecified atom stereocenters. The molecule has 0 aromatic heterocycles. The molecule has 0 spiro atoms. The number of amides is 1. The summed E-state index contributed by atoms with van der Waals surface area (Å²) in [6.45, 7) is 7.88. The van der Waals surface area contributed by atoms with Gasteiger partial charge in [0.2, 0.25) is 5.91 Å². The van der Waals surface area contributed by atoms with Gasteiger partial charge in [-0.2, -0.15) is 0 Å². The quantitative estimate of drug-likeness (QED) is 0.728. The largest absolute Gasteiger partial charge is 0.356 e. The molecule has 0 aromatic carbocycles. The minimum Gasteiger partial charge on any atom is -0.356 e. The van der Waals surface area contributed by atoms with Crippen molar-refractivity contribution in [2.24, 2.45) is 11.7 Å². The van der Waals surface area contributed by atoms with Crippen molar-refractivity contribution in [2.75, 3.05) is 26.2 Å². The second-order valence-corrected chi connectivity index (χ2v) is 5.16. The molecule has 1 aliphatic heterocycles. The van der Waals surface area contributed by atoms with Crippen LogP contribution in [0.4, 0.5) is 0 Å². The van der Waals surface area contributed by atoms with E-state index >= 15 is 0 Å². The van der Waals surface area contributed by atoms with Gasteiger partial charge in [-0.25, -0.2) is 0 Å². The summed E-state index contributed by atoms with van der Waals surface area (Å²) in [5.41, 5.74) is 5.79. The van der Waals surface area contributed by atoms with Gasteiger partial charge in [0, 0.05) is 25.6 Å². The molecule has 0 radical (unpaired) electrons. The molecule has 17 heavy (non-hydrogen) atoms. The second kappa shape index (κ2) is 7.67. The average Bonchev–Trinajstić information content (AvgIpc) is 2.34. The number of piperidine rings is 1. The zero-order valence-corrected chi connectivity index (χ0v) is 11.2. The Hall–Kier alpha value is -0.610. The topological polar surface area (TPSA) is 58.4 Å². The van der Waals surface area contributed by atoms with Crippen molar-refractivity contribution in [3.63, 3.8) is 0 Å². The van der Waals surface area contributed by atoms with Crippen molar-refractivity contribution in [1.82, 2.24) is 10.2 Å². The number of hydrogen-bond acceptors (Lipinski definition) is 3. The number of nitrogens with zero attached hydrogens (tertiary/aromatic N) is 1. The van der Waals surface area contributed by atoms with Crippen LogP contribution in [-0.2, 0) is 4.79 Å². The smallest absolute Gasteiger partial charge is 0.221 e. The van der Waals surface area contributed by atoms with Gasteiger partial charge in [-0.05, 0) is 38.3 Å². The molecule has 1 atom stereocenters. The normalized spacial score (nSPS) is 20.2. The fourth-order valence-corrected chi connectivity index (χ4v) is 2.31. The fraction of sp³-hybridized carbons (Fsp3) is 0.923. The molecule has 0 saturated carbocycles. The first-order chi connectivity index (χ1) is 8.17. The number of carbonyl (C=O) groups excluding carboxylic acids is 1. The van der Waals surface area contributed by atoms with E-state index in [4.69, 9.17) is 5.73 Å². The lowest BCUT2D eigenvalue weighted by Gasteiger charge is -2.35. The standard InChI is InChI=1S/C13H27N3O/c1-3-6-15-13(17)9-12(10-14)16-7-4-11(2)5-8-16/h11-12H,3-10,14H2,1-2H3,(H,15,17). The van der Waals surface area contributed by atoms with E-state index in [1.165, 1.54) is 12.8 Å². The highest BCUT2D eigenvalue weighted by atomic mass is 16.1. The first-order valence-corrected chi connectivity index (χ1v) is 6.88. The van der Waals surface area contributed by atoms with Crippen LogP contribution in [0.1, 0.15) is 39.5 Å². The maximum absolute atomic E-state index is 11.7. The maximum atomic E-state index is 11.7. The summed E-state index contributed by atoms with van der Waals surface area (Å²) in [4.78, 5) is 14.1. The molecule has 3 N–H and O–H groups in total. The Morgan fingerprint density at radius 3 is 2.65 bits per heavy atom. The summed E-state index contributed by atoms with van der Waals surface area (Å²) in [5.74, 6) is 0.958. The van der Waals surface area contributed by atoms with Crippen LogP contribution in [0.5, 0.6) is 0 Å². The molecule has 4 heteroatoms. The van der Waals surface area contributed by atoms with Crippen LogP contribution in [0.15, 0.2) is 0 Å². The number of carbonyl (C=O) groups is 1. The second-order valence-electron chi connectivity index (χ2n) is 5.16. The van der Waals surface area contributed by atoms with Crippen LogP contribution in [0.25, 0.3) is 0 Å². The van der Waals surface area contributed by atoms with Crippen molar-refractivity contribution >= 4 is 5.91 Å². The Labute approximate surface area is 105 Å². The van der Waals surface area contributed by atoms with Crippen LogP contribution >= 0.6 is 0 Å². The van der Waals surface area contributed by atoms with Gasteiger partial charge in [-0.3, -0.25) is 9.69 Å². The van der Waals surface area contributed by atoms with Gasteiger partial charge in [0.25, 0.3) is 0 Å². The van der Waals surface area contributed by atoms with Crippen molar-refractivity contribution in [1.29, 1.82) is 0 Å². The molecule has 1 saturated heterocycles. The fourth-order valence-electron chi connectivity index (χ4n) is 2.31. The van der Waals surface area contributed by atoms with E-state index in [-0.39, 0.29) is 11.9 Å². The number of rotatable bonds is 6. The number of hydrogen-bond donors (Lipinski definition) is 2. The Balaban J connectivity index is 2.34. The third kappa shape index (κ3) is 5.04. The third-order valence-corrected chi connectivity index (χ3v) is 3.60. The molecule has 1 amide bonds. The summed E-state index contributed by atoms with van der Waals surface area (Å²) >= 11 is 0. The van der Waals surface area contributed by atoms with E-state index in [1.54, 1.807) is 0 Å². The zero-order chi connectivity index (χ0) is 12.7. The van der Waals surface area contributed by atoms with Gasteiger partial charge >= 0.3 is 0 Å². The van der Waals surface area contributed by atoms with E-state index < -0.39 is 0 Å². The van der Waals surface area contributed by atoms with E-state index in [1.807, 2.05) is 0 Å². The lowest BCUT2D eigenvalue weighted by Crippen LogP contribution is -2.47. The Morgan fingerprint density at radius 1 is 1.47 bits per heavy atom. The maximum Gasteiger partial charge on any atom is 0.221 e. The third-order valence-electron chi connectivity index (χ3n) is 3.60. The lowest BCUT2D eigenvalue weighted by molar-refractivity contribution is -0.122. The molecule has 1 fully saturated rings. The van der Waals surface area contributed by atoms with Crippen molar-refractivity contribution in [3.05, 3.63) is 0 Å². The molecule has 0 bridgehead atoms. The predicted octanol–water partition coefficient (Wildman–Crippen LogP) is 0.962.